The molecule has 0 amide bonds. The van der Waals surface area contributed by atoms with Crippen LogP contribution in [0.1, 0.15) is 35.0 Å². The normalized spacial score (nSPS) is 10.8. The largest absolute Gasteiger partial charge is 0.493 e. The van der Waals surface area contributed by atoms with Crippen molar-refractivity contribution in [1.29, 1.82) is 0 Å². The number of ether oxygens (including phenoxy) is 1. The van der Waals surface area contributed by atoms with Crippen LogP contribution in [0.5, 0.6) is 5.75 Å². The lowest BCUT2D eigenvalue weighted by atomic mass is 10.2. The molecule has 2 rings (SSSR count). The maximum atomic E-state index is 10.6. The summed E-state index contributed by atoms with van der Waals surface area (Å²) in [4.78, 5) is 16.6. The Morgan fingerprint density at radius 1 is 1.33 bits per heavy atom. The highest BCUT2D eigenvalue weighted by Gasteiger charge is 2.09. The van der Waals surface area contributed by atoms with Gasteiger partial charge in [-0.05, 0) is 30.5 Å². The molecular weight excluding hydrogens is 342 g/mol. The van der Waals surface area contributed by atoms with Crippen molar-refractivity contribution in [2.24, 2.45) is 0 Å². The molecule has 1 aromatic carbocycles. The first-order chi connectivity index (χ1) is 11.6. The second kappa shape index (κ2) is 9.69. The fourth-order valence-corrected chi connectivity index (χ4v) is 3.99. The second-order valence-electron chi connectivity index (χ2n) is 5.32. The zero-order chi connectivity index (χ0) is 17.4. The van der Waals surface area contributed by atoms with E-state index in [1.54, 1.807) is 11.3 Å². The number of aromatic nitrogens is 1. The summed E-state index contributed by atoms with van der Waals surface area (Å²) in [5.41, 5.74) is 2.24. The van der Waals surface area contributed by atoms with Crippen LogP contribution in [0.2, 0.25) is 0 Å². The first-order valence-corrected chi connectivity index (χ1v) is 10.1. The first-order valence-electron chi connectivity index (χ1n) is 8.11. The molecule has 6 heteroatoms. The fourth-order valence-electron chi connectivity index (χ4n) is 2.31. The Kier molecular flexibility index (Phi) is 7.59. The molecule has 0 unspecified atom stereocenters. The molecule has 2 aromatic rings. The second-order valence-corrected chi connectivity index (χ2v) is 7.47. The van der Waals surface area contributed by atoms with Gasteiger partial charge >= 0.3 is 5.97 Å². The summed E-state index contributed by atoms with van der Waals surface area (Å²) in [6, 6.07) is 7.85. The Morgan fingerprint density at radius 2 is 2.17 bits per heavy atom. The van der Waals surface area contributed by atoms with Crippen molar-refractivity contribution in [2.45, 2.75) is 38.9 Å². The SMILES string of the molecule is CCc1nc(CCOc2cccc(CSCC(=O)O)c2)c(CC)s1. The van der Waals surface area contributed by atoms with Crippen molar-refractivity contribution in [1.82, 2.24) is 4.98 Å². The van der Waals surface area contributed by atoms with Crippen molar-refractivity contribution in [3.05, 3.63) is 45.4 Å². The minimum Gasteiger partial charge on any atom is -0.493 e. The van der Waals surface area contributed by atoms with Crippen molar-refractivity contribution in [2.75, 3.05) is 12.4 Å². The summed E-state index contributed by atoms with van der Waals surface area (Å²) >= 11 is 3.19. The predicted molar refractivity (Wildman–Crippen MR) is 100 cm³/mol. The highest BCUT2D eigenvalue weighted by Crippen LogP contribution is 2.21. The predicted octanol–water partition coefficient (Wildman–Crippen LogP) is 4.21. The van der Waals surface area contributed by atoms with Gasteiger partial charge in [0, 0.05) is 17.1 Å². The zero-order valence-electron chi connectivity index (χ0n) is 14.1. The fraction of sp³-hybridized carbons (Fsp3) is 0.444. The molecular formula is C18H23NO3S2. The van der Waals surface area contributed by atoms with Crippen molar-refractivity contribution in [3.8, 4) is 5.75 Å². The van der Waals surface area contributed by atoms with E-state index in [0.717, 1.165) is 36.3 Å². The van der Waals surface area contributed by atoms with Crippen LogP contribution >= 0.6 is 23.1 Å². The van der Waals surface area contributed by atoms with Crippen LogP contribution in [0.3, 0.4) is 0 Å². The molecule has 1 aromatic heterocycles. The number of carbonyl (C=O) groups is 1. The lowest BCUT2D eigenvalue weighted by molar-refractivity contribution is -0.133. The highest BCUT2D eigenvalue weighted by atomic mass is 32.2. The number of hydrogen-bond donors (Lipinski definition) is 1. The average Bonchev–Trinajstić information content (AvgIpc) is 2.97. The Morgan fingerprint density at radius 3 is 2.88 bits per heavy atom. The number of aryl methyl sites for hydroxylation is 2. The number of aliphatic carboxylic acids is 1. The summed E-state index contributed by atoms with van der Waals surface area (Å²) in [5.74, 6) is 0.838. The van der Waals surface area contributed by atoms with Crippen LogP contribution < -0.4 is 4.74 Å². The molecule has 0 fully saturated rings. The molecule has 0 saturated carbocycles. The number of benzene rings is 1. The summed E-state index contributed by atoms with van der Waals surface area (Å²) in [6.07, 6.45) is 2.82. The van der Waals surface area contributed by atoms with E-state index < -0.39 is 5.97 Å². The van der Waals surface area contributed by atoms with Crippen LogP contribution in [-0.4, -0.2) is 28.4 Å². The molecule has 1 heterocycles. The highest BCUT2D eigenvalue weighted by molar-refractivity contribution is 7.99. The zero-order valence-corrected chi connectivity index (χ0v) is 15.7. The molecule has 24 heavy (non-hydrogen) atoms. The van der Waals surface area contributed by atoms with Crippen molar-refractivity contribution < 1.29 is 14.6 Å². The molecule has 130 valence electrons. The van der Waals surface area contributed by atoms with E-state index in [-0.39, 0.29) is 5.75 Å². The quantitative estimate of drug-likeness (QED) is 0.683. The van der Waals surface area contributed by atoms with Crippen molar-refractivity contribution >= 4 is 29.1 Å². The smallest absolute Gasteiger partial charge is 0.313 e. The van der Waals surface area contributed by atoms with E-state index in [0.29, 0.717) is 12.4 Å². The van der Waals surface area contributed by atoms with Gasteiger partial charge in [-0.2, -0.15) is 0 Å². The van der Waals surface area contributed by atoms with E-state index in [2.05, 4.69) is 18.8 Å². The summed E-state index contributed by atoms with van der Waals surface area (Å²) in [7, 11) is 0. The molecule has 0 radical (unpaired) electrons. The standard InChI is InChI=1S/C18H23NO3S2/c1-3-16-15(19-17(4-2)24-16)8-9-22-14-7-5-6-13(10-14)11-23-12-18(20)21/h5-7,10H,3-4,8-9,11-12H2,1-2H3,(H,20,21). The van der Waals surface area contributed by atoms with E-state index in [9.17, 15) is 4.79 Å². The molecule has 1 N–H and O–H groups in total. The number of thioether (sulfide) groups is 1. The number of thiazole rings is 1. The number of rotatable bonds is 10. The van der Waals surface area contributed by atoms with E-state index in [1.807, 2.05) is 24.3 Å². The Balaban J connectivity index is 1.86. The lowest BCUT2D eigenvalue weighted by Crippen LogP contribution is -2.04. The molecule has 0 atom stereocenters. The molecule has 0 saturated heterocycles. The summed E-state index contributed by atoms with van der Waals surface area (Å²) < 4.78 is 5.86. The van der Waals surface area contributed by atoms with Crippen LogP contribution in [-0.2, 0) is 29.8 Å². The van der Waals surface area contributed by atoms with Crippen LogP contribution in [0.4, 0.5) is 0 Å². The first kappa shape index (κ1) is 18.8. The van der Waals surface area contributed by atoms with Gasteiger partial charge in [-0.15, -0.1) is 23.1 Å². The maximum Gasteiger partial charge on any atom is 0.313 e. The molecule has 0 bridgehead atoms. The van der Waals surface area contributed by atoms with Gasteiger partial charge in [-0.1, -0.05) is 26.0 Å². The summed E-state index contributed by atoms with van der Waals surface area (Å²) in [6.45, 7) is 4.90. The van der Waals surface area contributed by atoms with Gasteiger partial charge in [0.2, 0.25) is 0 Å². The average molecular weight is 366 g/mol. The third-order valence-electron chi connectivity index (χ3n) is 3.45. The van der Waals surface area contributed by atoms with Gasteiger partial charge in [0.05, 0.1) is 23.1 Å². The molecule has 0 aliphatic heterocycles. The maximum absolute atomic E-state index is 10.6. The van der Waals surface area contributed by atoms with E-state index >= 15 is 0 Å². The molecule has 4 nitrogen and oxygen atoms in total. The van der Waals surface area contributed by atoms with Crippen molar-refractivity contribution in [3.63, 3.8) is 0 Å². The summed E-state index contributed by atoms with van der Waals surface area (Å²) in [5, 5.41) is 9.88. The van der Waals surface area contributed by atoms with Gasteiger partial charge in [0.1, 0.15) is 5.75 Å². The molecule has 0 aliphatic rings. The number of nitrogens with zero attached hydrogens (tertiary/aromatic N) is 1. The number of carboxylic acids is 1. The Hall–Kier alpha value is -1.53. The van der Waals surface area contributed by atoms with Gasteiger partial charge < -0.3 is 9.84 Å². The Bertz CT molecular complexity index is 670. The van der Waals surface area contributed by atoms with Crippen LogP contribution in [0.15, 0.2) is 24.3 Å². The molecule has 0 aliphatic carbocycles. The van der Waals surface area contributed by atoms with Gasteiger partial charge in [-0.3, -0.25) is 4.79 Å². The van der Waals surface area contributed by atoms with Gasteiger partial charge in [0.25, 0.3) is 0 Å². The monoisotopic (exact) mass is 365 g/mol. The minimum absolute atomic E-state index is 0.120. The van der Waals surface area contributed by atoms with Gasteiger partial charge in [-0.25, -0.2) is 4.98 Å². The number of carboxylic acid groups (broad SMARTS) is 1. The third kappa shape index (κ3) is 5.83. The number of hydrogen-bond acceptors (Lipinski definition) is 5. The minimum atomic E-state index is -0.783. The topological polar surface area (TPSA) is 59.4 Å². The van der Waals surface area contributed by atoms with Gasteiger partial charge in [0.15, 0.2) is 0 Å². The lowest BCUT2D eigenvalue weighted by Gasteiger charge is -2.08. The van der Waals surface area contributed by atoms with Crippen LogP contribution in [0, 0.1) is 0 Å². The van der Waals surface area contributed by atoms with Crippen LogP contribution in [0.25, 0.3) is 0 Å². The Labute approximate surface area is 151 Å². The van der Waals surface area contributed by atoms with E-state index in [1.165, 1.54) is 21.6 Å². The third-order valence-corrected chi connectivity index (χ3v) is 5.82. The van der Waals surface area contributed by atoms with E-state index in [4.69, 9.17) is 9.84 Å². The molecule has 0 spiro atoms.